The number of hydrazine groups is 1. The first kappa shape index (κ1) is 15.8. The molecule has 1 aromatic heterocycles. The van der Waals surface area contributed by atoms with Crippen molar-refractivity contribution >= 4 is 5.69 Å². The molecule has 0 fully saturated rings. The van der Waals surface area contributed by atoms with E-state index in [9.17, 15) is 0 Å². The molecule has 6 nitrogen and oxygen atoms in total. The highest BCUT2D eigenvalue weighted by Gasteiger charge is 2.03. The van der Waals surface area contributed by atoms with Gasteiger partial charge in [-0.25, -0.2) is 15.8 Å². The highest BCUT2D eigenvalue weighted by molar-refractivity contribution is 5.52. The van der Waals surface area contributed by atoms with E-state index in [0.29, 0.717) is 5.70 Å². The van der Waals surface area contributed by atoms with Crippen LogP contribution < -0.4 is 21.3 Å². The number of anilines is 1. The van der Waals surface area contributed by atoms with Crippen LogP contribution in [-0.4, -0.2) is 16.6 Å². The van der Waals surface area contributed by atoms with E-state index in [4.69, 9.17) is 16.3 Å². The minimum absolute atomic E-state index is 0.168. The second-order valence-corrected chi connectivity index (χ2v) is 5.29. The van der Waals surface area contributed by atoms with Gasteiger partial charge < -0.3 is 10.5 Å². The fraction of sp³-hybridized carbons (Fsp3) is 0.250. The van der Waals surface area contributed by atoms with Gasteiger partial charge in [-0.15, -0.1) is 0 Å². The van der Waals surface area contributed by atoms with Crippen LogP contribution in [0.15, 0.2) is 42.5 Å². The summed E-state index contributed by atoms with van der Waals surface area (Å²) in [5, 5.41) is 1.48. The highest BCUT2D eigenvalue weighted by atomic mass is 16.5. The molecule has 0 aliphatic heterocycles. The molecule has 22 heavy (non-hydrogen) atoms. The third-order valence-corrected chi connectivity index (χ3v) is 2.93. The molecule has 0 amide bonds. The summed E-state index contributed by atoms with van der Waals surface area (Å²) in [6.07, 6.45) is 5.00. The van der Waals surface area contributed by atoms with Crippen LogP contribution in [0.25, 0.3) is 0 Å². The van der Waals surface area contributed by atoms with Gasteiger partial charge in [0, 0.05) is 18.6 Å². The lowest BCUT2D eigenvalue weighted by atomic mass is 10.1. The summed E-state index contributed by atoms with van der Waals surface area (Å²) >= 11 is 0. The number of nitrogens with zero attached hydrogens (tertiary/aromatic N) is 3. The summed E-state index contributed by atoms with van der Waals surface area (Å²) < 4.78 is 5.41. The first-order valence-corrected chi connectivity index (χ1v) is 6.94. The molecule has 0 aliphatic carbocycles. The van der Waals surface area contributed by atoms with Gasteiger partial charge in [-0.3, -0.25) is 5.01 Å². The normalized spacial score (nSPS) is 11.4. The van der Waals surface area contributed by atoms with Crippen LogP contribution in [0, 0.1) is 20.8 Å². The largest absolute Gasteiger partial charge is 0.457 e. The Bertz CT molecular complexity index is 646. The number of aromatic nitrogens is 2. The van der Waals surface area contributed by atoms with Crippen LogP contribution in [0.1, 0.15) is 16.7 Å². The van der Waals surface area contributed by atoms with Gasteiger partial charge in [0.2, 0.25) is 0 Å². The van der Waals surface area contributed by atoms with Crippen LogP contribution in [0.4, 0.5) is 5.69 Å². The van der Waals surface area contributed by atoms with Gasteiger partial charge in [-0.05, 0) is 49.6 Å². The Morgan fingerprint density at radius 2 is 1.68 bits per heavy atom. The maximum atomic E-state index is 6.01. The van der Waals surface area contributed by atoms with Crippen molar-refractivity contribution < 1.29 is 4.74 Å². The molecule has 6 heteroatoms. The van der Waals surface area contributed by atoms with Crippen LogP contribution >= 0.6 is 0 Å². The molecule has 0 unspecified atom stereocenters. The lowest BCUT2D eigenvalue weighted by Gasteiger charge is -2.16. The van der Waals surface area contributed by atoms with Crippen molar-refractivity contribution in [2.24, 2.45) is 11.6 Å². The molecule has 1 heterocycles. The number of aryl methyl sites for hydroxylation is 3. The molecule has 0 saturated carbocycles. The molecule has 2 aromatic rings. The van der Waals surface area contributed by atoms with Crippen LogP contribution in [0.2, 0.25) is 0 Å². The fourth-order valence-corrected chi connectivity index (χ4v) is 1.99. The van der Waals surface area contributed by atoms with Crippen LogP contribution in [0.3, 0.4) is 0 Å². The summed E-state index contributed by atoms with van der Waals surface area (Å²) in [4.78, 5) is 8.10. The molecule has 0 saturated heterocycles. The van der Waals surface area contributed by atoms with Gasteiger partial charge in [-0.2, -0.15) is 0 Å². The van der Waals surface area contributed by atoms with E-state index in [0.717, 1.165) is 22.4 Å². The Morgan fingerprint density at radius 3 is 2.27 bits per heavy atom. The molecule has 0 bridgehead atoms. The van der Waals surface area contributed by atoms with Crippen molar-refractivity contribution in [2.45, 2.75) is 20.8 Å². The first-order chi connectivity index (χ1) is 10.4. The number of rotatable bonds is 5. The van der Waals surface area contributed by atoms with E-state index < -0.39 is 0 Å². The Hall–Kier alpha value is -2.60. The summed E-state index contributed by atoms with van der Waals surface area (Å²) in [5.74, 6) is 6.01. The van der Waals surface area contributed by atoms with Crippen molar-refractivity contribution in [3.63, 3.8) is 0 Å². The summed E-state index contributed by atoms with van der Waals surface area (Å²) in [6.45, 7) is 6.13. The zero-order chi connectivity index (χ0) is 16.1. The minimum Gasteiger partial charge on any atom is -0.457 e. The highest BCUT2D eigenvalue weighted by Crippen LogP contribution is 2.17. The van der Waals surface area contributed by atoms with Crippen molar-refractivity contribution in [3.8, 4) is 6.01 Å². The van der Waals surface area contributed by atoms with Gasteiger partial charge in [0.15, 0.2) is 0 Å². The zero-order valence-electron chi connectivity index (χ0n) is 13.1. The molecular weight excluding hydrogens is 278 g/mol. The van der Waals surface area contributed by atoms with Crippen molar-refractivity contribution in [1.29, 1.82) is 0 Å². The Kier molecular flexibility index (Phi) is 4.95. The van der Waals surface area contributed by atoms with Crippen molar-refractivity contribution in [3.05, 3.63) is 59.2 Å². The molecule has 0 atom stereocenters. The van der Waals surface area contributed by atoms with Crippen molar-refractivity contribution in [2.75, 3.05) is 11.6 Å². The Labute approximate surface area is 130 Å². The maximum Gasteiger partial charge on any atom is 0.316 e. The standard InChI is InChI=1S/C16H21N5O/c1-11-4-12(2)6-15(5-11)21(18)9-14(17)10-22-16-19-7-13(3)8-20-16/h4-9H,10,17-18H2,1-3H3/b14-9-. The van der Waals surface area contributed by atoms with E-state index in [-0.39, 0.29) is 12.6 Å². The van der Waals surface area contributed by atoms with E-state index >= 15 is 0 Å². The van der Waals surface area contributed by atoms with Gasteiger partial charge in [0.05, 0.1) is 11.4 Å². The summed E-state index contributed by atoms with van der Waals surface area (Å²) in [5.41, 5.74) is 10.5. The number of nitrogens with two attached hydrogens (primary N) is 2. The van der Waals surface area contributed by atoms with Gasteiger partial charge >= 0.3 is 6.01 Å². The van der Waals surface area contributed by atoms with Crippen LogP contribution in [0.5, 0.6) is 6.01 Å². The molecule has 116 valence electrons. The topological polar surface area (TPSA) is 90.3 Å². The average Bonchev–Trinajstić information content (AvgIpc) is 2.45. The zero-order valence-corrected chi connectivity index (χ0v) is 13.1. The number of hydrogen-bond acceptors (Lipinski definition) is 6. The van der Waals surface area contributed by atoms with E-state index in [1.54, 1.807) is 18.6 Å². The van der Waals surface area contributed by atoms with E-state index in [1.165, 1.54) is 5.01 Å². The van der Waals surface area contributed by atoms with Crippen molar-refractivity contribution in [1.82, 2.24) is 9.97 Å². The second kappa shape index (κ2) is 6.91. The predicted octanol–water partition coefficient (Wildman–Crippen LogP) is 1.96. The van der Waals surface area contributed by atoms with Gasteiger partial charge in [0.1, 0.15) is 6.61 Å². The van der Waals surface area contributed by atoms with E-state index in [2.05, 4.69) is 16.0 Å². The van der Waals surface area contributed by atoms with Gasteiger partial charge in [-0.1, -0.05) is 6.07 Å². The Balaban J connectivity index is 2.00. The summed E-state index contributed by atoms with van der Waals surface area (Å²) in [6, 6.07) is 6.35. The molecule has 1 aromatic carbocycles. The molecule has 0 spiro atoms. The lowest BCUT2D eigenvalue weighted by Crippen LogP contribution is -2.27. The van der Waals surface area contributed by atoms with Crippen LogP contribution in [-0.2, 0) is 0 Å². The fourth-order valence-electron chi connectivity index (χ4n) is 1.99. The molecule has 4 N–H and O–H groups in total. The molecule has 2 rings (SSSR count). The quantitative estimate of drug-likeness (QED) is 0.648. The second-order valence-electron chi connectivity index (χ2n) is 5.29. The molecular formula is C16H21N5O. The molecule has 0 radical (unpaired) electrons. The first-order valence-electron chi connectivity index (χ1n) is 6.94. The Morgan fingerprint density at radius 1 is 1.09 bits per heavy atom. The van der Waals surface area contributed by atoms with Gasteiger partial charge in [0.25, 0.3) is 0 Å². The third kappa shape index (κ3) is 4.46. The minimum atomic E-state index is 0.168. The molecule has 0 aliphatic rings. The number of benzene rings is 1. The maximum absolute atomic E-state index is 6.01. The van der Waals surface area contributed by atoms with E-state index in [1.807, 2.05) is 32.9 Å². The predicted molar refractivity (Wildman–Crippen MR) is 87.1 cm³/mol. The SMILES string of the molecule is Cc1cnc(OC/C(N)=C/N(N)c2cc(C)cc(C)c2)nc1. The monoisotopic (exact) mass is 299 g/mol. The number of ether oxygens (including phenoxy) is 1. The lowest BCUT2D eigenvalue weighted by molar-refractivity contribution is 0.321. The number of hydrogen-bond donors (Lipinski definition) is 2. The third-order valence-electron chi connectivity index (χ3n) is 2.93. The summed E-state index contributed by atoms with van der Waals surface area (Å²) in [7, 11) is 0. The smallest absolute Gasteiger partial charge is 0.316 e. The average molecular weight is 299 g/mol.